The van der Waals surface area contributed by atoms with Gasteiger partial charge in [0.25, 0.3) is 0 Å². The second-order valence-electron chi connectivity index (χ2n) is 10.3. The van der Waals surface area contributed by atoms with Crippen LogP contribution in [0.15, 0.2) is 54.6 Å². The third-order valence-electron chi connectivity index (χ3n) is 7.30. The van der Waals surface area contributed by atoms with Crippen molar-refractivity contribution in [3.63, 3.8) is 0 Å². The summed E-state index contributed by atoms with van der Waals surface area (Å²) in [5.41, 5.74) is 1.97. The number of piperidine rings is 1. The Kier molecular flexibility index (Phi) is 18.6. The number of halogens is 2. The van der Waals surface area contributed by atoms with Crippen LogP contribution >= 0.6 is 24.8 Å². The van der Waals surface area contributed by atoms with Gasteiger partial charge in [0, 0.05) is 32.6 Å². The number of aliphatic hydroxyl groups is 1. The Balaban J connectivity index is 0.00000462. The molecule has 43 heavy (non-hydrogen) atoms. The molecule has 2 aromatic carbocycles. The Morgan fingerprint density at radius 3 is 2.33 bits per heavy atom. The van der Waals surface area contributed by atoms with E-state index in [4.69, 9.17) is 9.47 Å². The third kappa shape index (κ3) is 13.5. The molecule has 0 aromatic heterocycles. The zero-order valence-electron chi connectivity index (χ0n) is 25.0. The zero-order valence-corrected chi connectivity index (χ0v) is 26.6. The average molecular weight is 642 g/mol. The van der Waals surface area contributed by atoms with E-state index in [-0.39, 0.29) is 62.6 Å². The molecule has 0 radical (unpaired) electrons. The highest BCUT2D eigenvalue weighted by Crippen LogP contribution is 2.14. The van der Waals surface area contributed by atoms with Gasteiger partial charge in [-0.1, -0.05) is 42.5 Å². The van der Waals surface area contributed by atoms with Crippen molar-refractivity contribution in [1.29, 1.82) is 0 Å². The molecule has 10 nitrogen and oxygen atoms in total. The van der Waals surface area contributed by atoms with Crippen LogP contribution in [0.5, 0.6) is 5.75 Å². The third-order valence-corrected chi connectivity index (χ3v) is 7.30. The predicted molar refractivity (Wildman–Crippen MR) is 171 cm³/mol. The fraction of sp³-hybridized carbons (Fsp3) is 0.516. The number of hydrogen-bond acceptors (Lipinski definition) is 8. The smallest absolute Gasteiger partial charge is 0.319 e. The minimum absolute atomic E-state index is 0. The average Bonchev–Trinajstić information content (AvgIpc) is 3.01. The molecule has 1 aliphatic heterocycles. The summed E-state index contributed by atoms with van der Waals surface area (Å²) in [6, 6.07) is 15.9. The normalized spacial score (nSPS) is 14.7. The van der Waals surface area contributed by atoms with Gasteiger partial charge in [0.1, 0.15) is 5.75 Å². The number of methoxy groups -OCH3 is 2. The summed E-state index contributed by atoms with van der Waals surface area (Å²) in [5, 5.41) is 20.4. The number of benzene rings is 2. The largest absolute Gasteiger partial charge is 0.497 e. The van der Waals surface area contributed by atoms with Crippen LogP contribution in [-0.2, 0) is 32.1 Å². The summed E-state index contributed by atoms with van der Waals surface area (Å²) in [6.45, 7) is 2.06. The Bertz CT molecular complexity index is 1100. The van der Waals surface area contributed by atoms with Crippen molar-refractivity contribution in [3.8, 4) is 5.75 Å². The van der Waals surface area contributed by atoms with Gasteiger partial charge in [-0.2, -0.15) is 0 Å². The molecule has 3 rings (SSSR count). The van der Waals surface area contributed by atoms with Gasteiger partial charge in [0.15, 0.2) is 0 Å². The topological polar surface area (TPSA) is 129 Å². The minimum atomic E-state index is -0.902. The molecule has 1 fully saturated rings. The molecule has 240 valence electrons. The molecule has 3 atom stereocenters. The number of aliphatic hydroxyl groups excluding tert-OH is 1. The molecule has 0 aliphatic carbocycles. The molecular formula is C31H46Cl2N4O6. The molecular weight excluding hydrogens is 595 g/mol. The number of carbonyl (C=O) groups is 3. The molecule has 0 bridgehead atoms. The summed E-state index contributed by atoms with van der Waals surface area (Å²) < 4.78 is 10.0. The van der Waals surface area contributed by atoms with Gasteiger partial charge in [-0.15, -0.1) is 24.8 Å². The van der Waals surface area contributed by atoms with E-state index >= 15 is 0 Å². The van der Waals surface area contributed by atoms with Crippen molar-refractivity contribution in [3.05, 3.63) is 65.7 Å². The van der Waals surface area contributed by atoms with Crippen LogP contribution in [0.1, 0.15) is 43.2 Å². The number of hydrogen-bond donors (Lipinski definition) is 4. The second kappa shape index (κ2) is 20.9. The molecule has 0 unspecified atom stereocenters. The van der Waals surface area contributed by atoms with E-state index < -0.39 is 24.2 Å². The van der Waals surface area contributed by atoms with Crippen LogP contribution in [-0.4, -0.2) is 86.4 Å². The van der Waals surface area contributed by atoms with Gasteiger partial charge >= 0.3 is 5.97 Å². The number of nitrogens with zero attached hydrogens (tertiary/aromatic N) is 1. The first-order chi connectivity index (χ1) is 19.9. The second-order valence-corrected chi connectivity index (χ2v) is 10.3. The van der Waals surface area contributed by atoms with E-state index in [9.17, 15) is 19.5 Å². The van der Waals surface area contributed by atoms with Crippen molar-refractivity contribution < 1.29 is 29.0 Å². The molecule has 4 N–H and O–H groups in total. The molecule has 1 saturated heterocycles. The van der Waals surface area contributed by atoms with Gasteiger partial charge in [-0.05, 0) is 55.4 Å². The van der Waals surface area contributed by atoms with Crippen LogP contribution < -0.4 is 20.7 Å². The molecule has 0 saturated carbocycles. The predicted octanol–water partition coefficient (Wildman–Crippen LogP) is 2.64. The van der Waals surface area contributed by atoms with Gasteiger partial charge < -0.3 is 30.1 Å². The summed E-state index contributed by atoms with van der Waals surface area (Å²) in [5.74, 6) is -0.130. The number of esters is 1. The maximum absolute atomic E-state index is 13.5. The van der Waals surface area contributed by atoms with E-state index in [1.807, 2.05) is 59.5 Å². The lowest BCUT2D eigenvalue weighted by atomic mass is 9.99. The first-order valence-corrected chi connectivity index (χ1v) is 14.3. The Morgan fingerprint density at radius 1 is 0.953 bits per heavy atom. The highest BCUT2D eigenvalue weighted by Gasteiger charge is 2.28. The van der Waals surface area contributed by atoms with Gasteiger partial charge in [-0.3, -0.25) is 19.7 Å². The summed E-state index contributed by atoms with van der Waals surface area (Å²) in [4.78, 5) is 40.0. The van der Waals surface area contributed by atoms with E-state index in [0.717, 1.165) is 49.2 Å². The van der Waals surface area contributed by atoms with Crippen LogP contribution in [0, 0.1) is 0 Å². The maximum atomic E-state index is 13.5. The molecule has 12 heteroatoms. The van der Waals surface area contributed by atoms with Crippen LogP contribution in [0.2, 0.25) is 0 Å². The lowest BCUT2D eigenvalue weighted by Crippen LogP contribution is -2.54. The van der Waals surface area contributed by atoms with E-state index in [2.05, 4.69) is 16.0 Å². The Morgan fingerprint density at radius 2 is 1.65 bits per heavy atom. The lowest BCUT2D eigenvalue weighted by molar-refractivity contribution is -0.139. The van der Waals surface area contributed by atoms with Crippen molar-refractivity contribution in [2.45, 2.75) is 63.3 Å². The van der Waals surface area contributed by atoms with Gasteiger partial charge in [0.05, 0.1) is 39.0 Å². The van der Waals surface area contributed by atoms with Crippen LogP contribution in [0.4, 0.5) is 0 Å². The number of amides is 2. The standard InChI is InChI=1S/C31H44N4O6.2ClH/c1-40-25-13-9-12-24(18-25)20-32-21-28(36)27(19-23-10-5-3-6-11-23)34-31(39)26(33-22-30(38)41-2)14-15-29(37)35-16-7-4-8-17-35;;/h3,5-6,9-13,18,26-28,32-33,36H,4,7-8,14-17,19-22H2,1-2H3,(H,34,39);2*1H/t26-,27-,28+;;/m0../s1. The SMILES string of the molecule is COC(=O)CN[C@@H](CCC(=O)N1CCCCC1)C(=O)N[C@@H](Cc1ccccc1)[C@H](O)CNCc1cccc(OC)c1.Cl.Cl. The van der Waals surface area contributed by atoms with Crippen molar-refractivity contribution in [2.24, 2.45) is 0 Å². The van der Waals surface area contributed by atoms with E-state index in [1.54, 1.807) is 7.11 Å². The number of likely N-dealkylation sites (tertiary alicyclic amines) is 1. The van der Waals surface area contributed by atoms with Crippen molar-refractivity contribution in [2.75, 3.05) is 40.4 Å². The first kappa shape index (κ1) is 38.1. The van der Waals surface area contributed by atoms with Crippen LogP contribution in [0.3, 0.4) is 0 Å². The quantitative estimate of drug-likeness (QED) is 0.206. The van der Waals surface area contributed by atoms with Gasteiger partial charge in [0.2, 0.25) is 11.8 Å². The van der Waals surface area contributed by atoms with Gasteiger partial charge in [-0.25, -0.2) is 0 Å². The highest BCUT2D eigenvalue weighted by molar-refractivity contribution is 5.86. The van der Waals surface area contributed by atoms with E-state index in [0.29, 0.717) is 13.0 Å². The Labute approximate surface area is 267 Å². The fourth-order valence-electron chi connectivity index (χ4n) is 4.90. The van der Waals surface area contributed by atoms with Crippen LogP contribution in [0.25, 0.3) is 0 Å². The van der Waals surface area contributed by atoms with Crippen molar-refractivity contribution >= 4 is 42.6 Å². The summed E-state index contributed by atoms with van der Waals surface area (Å²) >= 11 is 0. The number of carbonyl (C=O) groups excluding carboxylic acids is 3. The zero-order chi connectivity index (χ0) is 29.5. The molecule has 2 amide bonds. The fourth-order valence-corrected chi connectivity index (χ4v) is 4.90. The molecule has 1 heterocycles. The Hall–Kier alpha value is -2.89. The number of rotatable bonds is 16. The molecule has 2 aromatic rings. The summed E-state index contributed by atoms with van der Waals surface area (Å²) in [7, 11) is 2.90. The lowest BCUT2D eigenvalue weighted by Gasteiger charge is -2.29. The number of ether oxygens (including phenoxy) is 2. The first-order valence-electron chi connectivity index (χ1n) is 14.3. The van der Waals surface area contributed by atoms with Crippen molar-refractivity contribution in [1.82, 2.24) is 20.9 Å². The monoisotopic (exact) mass is 640 g/mol. The van der Waals surface area contributed by atoms with E-state index in [1.165, 1.54) is 7.11 Å². The highest BCUT2D eigenvalue weighted by atomic mass is 35.5. The minimum Gasteiger partial charge on any atom is -0.497 e. The molecule has 1 aliphatic rings. The number of nitrogens with one attached hydrogen (secondary N) is 3. The molecule has 0 spiro atoms. The summed E-state index contributed by atoms with van der Waals surface area (Å²) in [6.07, 6.45) is 3.00. The maximum Gasteiger partial charge on any atom is 0.319 e.